The Balaban J connectivity index is 2.23. The van der Waals surface area contributed by atoms with Crippen molar-refractivity contribution in [3.8, 4) is 0 Å². The molecule has 1 aromatic carbocycles. The topological polar surface area (TPSA) is 12.0 Å². The summed E-state index contributed by atoms with van der Waals surface area (Å²) in [6.07, 6.45) is 2.46. The second-order valence-corrected chi connectivity index (χ2v) is 6.67. The molecule has 0 aliphatic carbocycles. The maximum Gasteiger partial charge on any atom is 0.0375 e. The molecule has 1 aliphatic rings. The minimum Gasteiger partial charge on any atom is -0.382 e. The zero-order valence-corrected chi connectivity index (χ0v) is 11.8. The van der Waals surface area contributed by atoms with E-state index in [9.17, 15) is 0 Å². The van der Waals surface area contributed by atoms with Gasteiger partial charge < -0.3 is 5.32 Å². The van der Waals surface area contributed by atoms with E-state index in [0.29, 0.717) is 17.4 Å². The third-order valence-electron chi connectivity index (χ3n) is 3.87. The molecule has 2 rings (SSSR count). The number of rotatable bonds is 1. The summed E-state index contributed by atoms with van der Waals surface area (Å²) < 4.78 is 0. The van der Waals surface area contributed by atoms with E-state index >= 15 is 0 Å². The number of fused-ring (bicyclic) bond motifs is 1. The third kappa shape index (κ3) is 2.65. The molecule has 1 nitrogen and oxygen atoms in total. The Morgan fingerprint density at radius 2 is 1.94 bits per heavy atom. The lowest BCUT2D eigenvalue weighted by molar-refractivity contribution is 0.321. The van der Waals surface area contributed by atoms with Crippen molar-refractivity contribution in [1.82, 2.24) is 0 Å². The fraction of sp³-hybridized carbons (Fsp3) is 0.625. The monoisotopic (exact) mass is 231 g/mol. The first-order chi connectivity index (χ1) is 7.88. The van der Waals surface area contributed by atoms with Gasteiger partial charge in [0.25, 0.3) is 0 Å². The Morgan fingerprint density at radius 1 is 1.24 bits per heavy atom. The molecular weight excluding hydrogens is 206 g/mol. The van der Waals surface area contributed by atoms with Crippen LogP contribution in [0.3, 0.4) is 0 Å². The van der Waals surface area contributed by atoms with E-state index in [1.54, 1.807) is 0 Å². The Hall–Kier alpha value is -0.980. The summed E-state index contributed by atoms with van der Waals surface area (Å²) in [5.74, 6) is 0.626. The van der Waals surface area contributed by atoms with Crippen molar-refractivity contribution in [2.24, 2.45) is 5.41 Å². The highest BCUT2D eigenvalue weighted by molar-refractivity contribution is 5.56. The number of anilines is 1. The highest BCUT2D eigenvalue weighted by Gasteiger charge is 2.28. The Morgan fingerprint density at radius 3 is 2.53 bits per heavy atom. The van der Waals surface area contributed by atoms with Crippen LogP contribution in [0.2, 0.25) is 0 Å². The maximum absolute atomic E-state index is 3.70. The molecule has 1 heterocycles. The van der Waals surface area contributed by atoms with Gasteiger partial charge in [0.1, 0.15) is 0 Å². The minimum atomic E-state index is 0.342. The van der Waals surface area contributed by atoms with Gasteiger partial charge in [-0.05, 0) is 41.4 Å². The second kappa shape index (κ2) is 4.36. The van der Waals surface area contributed by atoms with Crippen LogP contribution in [-0.4, -0.2) is 6.04 Å². The molecule has 1 unspecified atom stereocenters. The van der Waals surface area contributed by atoms with Gasteiger partial charge in [0.15, 0.2) is 0 Å². The minimum absolute atomic E-state index is 0.342. The molecule has 1 aliphatic heterocycles. The number of benzene rings is 1. The standard InChI is InChI=1S/C16H25N/c1-11(2)12-6-8-14-13(10-12)7-9-15(17-14)16(3,4)5/h6,8,10-11,15,17H,7,9H2,1-5H3. The van der Waals surface area contributed by atoms with Crippen LogP contribution in [-0.2, 0) is 6.42 Å². The van der Waals surface area contributed by atoms with Crippen LogP contribution < -0.4 is 5.32 Å². The molecule has 0 amide bonds. The third-order valence-corrected chi connectivity index (χ3v) is 3.87. The first-order valence-corrected chi connectivity index (χ1v) is 6.77. The van der Waals surface area contributed by atoms with E-state index in [1.807, 2.05) is 0 Å². The van der Waals surface area contributed by atoms with Gasteiger partial charge in [-0.3, -0.25) is 0 Å². The zero-order valence-electron chi connectivity index (χ0n) is 11.8. The van der Waals surface area contributed by atoms with Crippen molar-refractivity contribution in [2.45, 2.75) is 59.4 Å². The summed E-state index contributed by atoms with van der Waals surface area (Å²) in [5, 5.41) is 3.70. The highest BCUT2D eigenvalue weighted by atomic mass is 14.9. The van der Waals surface area contributed by atoms with Gasteiger partial charge in [-0.2, -0.15) is 0 Å². The fourth-order valence-electron chi connectivity index (χ4n) is 2.53. The van der Waals surface area contributed by atoms with Gasteiger partial charge in [-0.15, -0.1) is 0 Å². The van der Waals surface area contributed by atoms with E-state index < -0.39 is 0 Å². The number of hydrogen-bond donors (Lipinski definition) is 1. The van der Waals surface area contributed by atoms with Gasteiger partial charge in [-0.25, -0.2) is 0 Å². The molecule has 1 aromatic rings. The lowest BCUT2D eigenvalue weighted by Crippen LogP contribution is -2.37. The first kappa shape index (κ1) is 12.5. The fourth-order valence-corrected chi connectivity index (χ4v) is 2.53. The molecule has 0 fully saturated rings. The molecule has 1 atom stereocenters. The molecular formula is C16H25N. The van der Waals surface area contributed by atoms with Gasteiger partial charge in [0.05, 0.1) is 0 Å². The second-order valence-electron chi connectivity index (χ2n) is 6.67. The molecule has 0 saturated heterocycles. The van der Waals surface area contributed by atoms with Crippen LogP contribution in [0.15, 0.2) is 18.2 Å². The number of aryl methyl sites for hydroxylation is 1. The summed E-state index contributed by atoms with van der Waals surface area (Å²) in [6, 6.07) is 7.51. The molecule has 17 heavy (non-hydrogen) atoms. The number of hydrogen-bond acceptors (Lipinski definition) is 1. The van der Waals surface area contributed by atoms with Crippen LogP contribution in [0.5, 0.6) is 0 Å². The average molecular weight is 231 g/mol. The molecule has 0 aromatic heterocycles. The molecule has 1 heteroatoms. The van der Waals surface area contributed by atoms with Crippen molar-refractivity contribution in [1.29, 1.82) is 0 Å². The van der Waals surface area contributed by atoms with Crippen molar-refractivity contribution < 1.29 is 0 Å². The lowest BCUT2D eigenvalue weighted by Gasteiger charge is -2.36. The summed E-state index contributed by atoms with van der Waals surface area (Å²) in [4.78, 5) is 0. The molecule has 0 spiro atoms. The van der Waals surface area contributed by atoms with Crippen LogP contribution in [0, 0.1) is 5.41 Å². The number of nitrogens with one attached hydrogen (secondary N) is 1. The van der Waals surface area contributed by atoms with E-state index in [4.69, 9.17) is 0 Å². The predicted molar refractivity (Wildman–Crippen MR) is 75.7 cm³/mol. The van der Waals surface area contributed by atoms with Gasteiger partial charge in [-0.1, -0.05) is 46.8 Å². The molecule has 94 valence electrons. The quantitative estimate of drug-likeness (QED) is 0.746. The Labute approximate surface area is 106 Å². The molecule has 0 bridgehead atoms. The normalized spacial score (nSPS) is 20.0. The summed E-state index contributed by atoms with van der Waals surface area (Å²) >= 11 is 0. The maximum atomic E-state index is 3.70. The highest BCUT2D eigenvalue weighted by Crippen LogP contribution is 2.34. The van der Waals surface area contributed by atoms with E-state index in [0.717, 1.165) is 0 Å². The SMILES string of the molecule is CC(C)c1ccc2c(c1)CCC(C(C)(C)C)N2. The van der Waals surface area contributed by atoms with E-state index in [1.165, 1.54) is 29.7 Å². The van der Waals surface area contributed by atoms with Gasteiger partial charge >= 0.3 is 0 Å². The average Bonchev–Trinajstić information content (AvgIpc) is 2.26. The summed E-state index contributed by atoms with van der Waals surface area (Å²) in [7, 11) is 0. The molecule has 0 radical (unpaired) electrons. The molecule has 1 N–H and O–H groups in total. The van der Waals surface area contributed by atoms with Gasteiger partial charge in [0, 0.05) is 11.7 Å². The van der Waals surface area contributed by atoms with Crippen molar-refractivity contribution >= 4 is 5.69 Å². The van der Waals surface area contributed by atoms with Crippen LogP contribution in [0.25, 0.3) is 0 Å². The largest absolute Gasteiger partial charge is 0.382 e. The van der Waals surface area contributed by atoms with Crippen molar-refractivity contribution in [2.75, 3.05) is 5.32 Å². The summed E-state index contributed by atoms with van der Waals surface area (Å²) in [5.41, 5.74) is 4.64. The Bertz CT molecular complexity index is 398. The predicted octanol–water partition coefficient (Wildman–Crippen LogP) is 4.58. The van der Waals surface area contributed by atoms with Crippen LogP contribution >= 0.6 is 0 Å². The van der Waals surface area contributed by atoms with Gasteiger partial charge in [0.2, 0.25) is 0 Å². The summed E-state index contributed by atoms with van der Waals surface area (Å²) in [6.45, 7) is 11.5. The van der Waals surface area contributed by atoms with Crippen molar-refractivity contribution in [3.05, 3.63) is 29.3 Å². The van der Waals surface area contributed by atoms with Crippen molar-refractivity contribution in [3.63, 3.8) is 0 Å². The smallest absolute Gasteiger partial charge is 0.0375 e. The van der Waals surface area contributed by atoms with E-state index in [2.05, 4.69) is 58.1 Å². The molecule has 0 saturated carbocycles. The lowest BCUT2D eigenvalue weighted by atomic mass is 9.80. The van der Waals surface area contributed by atoms with Crippen LogP contribution in [0.1, 0.15) is 58.1 Å². The van der Waals surface area contributed by atoms with E-state index in [-0.39, 0.29) is 0 Å². The Kier molecular flexibility index (Phi) is 3.20. The van der Waals surface area contributed by atoms with Crippen LogP contribution in [0.4, 0.5) is 5.69 Å². The first-order valence-electron chi connectivity index (χ1n) is 6.77. The zero-order chi connectivity index (χ0) is 12.6.